The number of ether oxygens (including phenoxy) is 3. The molecule has 0 aliphatic carbocycles. The number of anilines is 1. The topological polar surface area (TPSA) is 75.3 Å². The van der Waals surface area contributed by atoms with Crippen molar-refractivity contribution in [3.8, 4) is 17.2 Å². The molecule has 2 amide bonds. The molecule has 1 aliphatic heterocycles. The molecule has 2 aromatic rings. The van der Waals surface area contributed by atoms with Gasteiger partial charge >= 0.3 is 6.03 Å². The maximum atomic E-state index is 12.6. The Balaban J connectivity index is 1.66. The summed E-state index contributed by atoms with van der Waals surface area (Å²) in [5.74, 6) is 1.46. The van der Waals surface area contributed by atoms with Crippen LogP contribution in [0.1, 0.15) is 11.6 Å². The smallest absolute Gasteiger partial charge is 0.319 e. The summed E-state index contributed by atoms with van der Waals surface area (Å²) >= 11 is 1.68. The SMILES string of the molecule is COc1cc(NC(=O)NC[C@@H](c2ccsc2)N2CCN(C)CC2)cc(OC)c1OC. The van der Waals surface area contributed by atoms with Crippen LogP contribution in [0.3, 0.4) is 0 Å². The van der Waals surface area contributed by atoms with Gasteiger partial charge in [0.15, 0.2) is 11.5 Å². The molecule has 1 atom stereocenters. The highest BCUT2D eigenvalue weighted by molar-refractivity contribution is 7.07. The van der Waals surface area contributed by atoms with Gasteiger partial charge in [-0.2, -0.15) is 11.3 Å². The summed E-state index contributed by atoms with van der Waals surface area (Å²) in [6, 6.07) is 5.41. The standard InChI is InChI=1S/C21H30N4O4S/c1-24-6-8-25(9-7-24)17(15-5-10-30-14-15)13-22-21(26)23-16-11-18(27-2)20(29-4)19(12-16)28-3/h5,10-12,14,17H,6-9,13H2,1-4H3,(H2,22,23,26)/t17-/m0/s1. The third kappa shape index (κ3) is 5.35. The highest BCUT2D eigenvalue weighted by atomic mass is 32.1. The van der Waals surface area contributed by atoms with E-state index in [2.05, 4.69) is 44.3 Å². The first-order valence-corrected chi connectivity index (χ1v) is 10.8. The van der Waals surface area contributed by atoms with E-state index in [0.29, 0.717) is 29.5 Å². The minimum absolute atomic E-state index is 0.149. The first kappa shape index (κ1) is 22.2. The van der Waals surface area contributed by atoms with E-state index in [9.17, 15) is 4.79 Å². The molecule has 0 bridgehead atoms. The van der Waals surface area contributed by atoms with Crippen molar-refractivity contribution >= 4 is 23.1 Å². The van der Waals surface area contributed by atoms with Crippen molar-refractivity contribution in [2.75, 3.05) is 66.4 Å². The third-order valence-electron chi connectivity index (χ3n) is 5.29. The lowest BCUT2D eigenvalue weighted by Gasteiger charge is -2.38. The van der Waals surface area contributed by atoms with Crippen molar-refractivity contribution in [3.05, 3.63) is 34.5 Å². The number of benzene rings is 1. The molecule has 2 heterocycles. The van der Waals surface area contributed by atoms with Gasteiger partial charge in [-0.05, 0) is 29.4 Å². The first-order valence-electron chi connectivity index (χ1n) is 9.85. The number of urea groups is 1. The molecule has 0 spiro atoms. The summed E-state index contributed by atoms with van der Waals surface area (Å²) in [5, 5.41) is 10.1. The quantitative estimate of drug-likeness (QED) is 0.666. The van der Waals surface area contributed by atoms with Gasteiger partial charge in [-0.25, -0.2) is 4.79 Å². The average molecular weight is 435 g/mol. The largest absolute Gasteiger partial charge is 0.493 e. The number of thiophene rings is 1. The zero-order chi connectivity index (χ0) is 21.5. The molecule has 1 saturated heterocycles. The molecule has 8 nitrogen and oxygen atoms in total. The van der Waals surface area contributed by atoms with E-state index in [1.807, 2.05) is 0 Å². The molecule has 1 aromatic carbocycles. The highest BCUT2D eigenvalue weighted by Gasteiger charge is 2.25. The van der Waals surface area contributed by atoms with Crippen LogP contribution in [-0.4, -0.2) is 76.9 Å². The van der Waals surface area contributed by atoms with Crippen molar-refractivity contribution in [3.63, 3.8) is 0 Å². The lowest BCUT2D eigenvalue weighted by atomic mass is 10.1. The summed E-state index contributed by atoms with van der Waals surface area (Å²) in [6.45, 7) is 4.54. The fourth-order valence-electron chi connectivity index (χ4n) is 3.57. The third-order valence-corrected chi connectivity index (χ3v) is 5.99. The van der Waals surface area contributed by atoms with Crippen molar-refractivity contribution in [1.29, 1.82) is 0 Å². The second kappa shape index (κ2) is 10.5. The number of amides is 2. The Morgan fingerprint density at radius 2 is 1.77 bits per heavy atom. The van der Waals surface area contributed by atoms with Gasteiger partial charge < -0.3 is 29.7 Å². The van der Waals surface area contributed by atoms with Crippen LogP contribution >= 0.6 is 11.3 Å². The Labute approximate surface area is 181 Å². The Bertz CT molecular complexity index is 797. The molecule has 1 aromatic heterocycles. The summed E-state index contributed by atoms with van der Waals surface area (Å²) in [4.78, 5) is 17.4. The molecular formula is C21H30N4O4S. The number of hydrogen-bond acceptors (Lipinski definition) is 7. The summed E-state index contributed by atoms with van der Waals surface area (Å²) in [6.07, 6.45) is 0. The number of carbonyl (C=O) groups excluding carboxylic acids is 1. The Morgan fingerprint density at radius 1 is 1.10 bits per heavy atom. The number of likely N-dealkylation sites (N-methyl/N-ethyl adjacent to an activating group) is 1. The molecule has 0 unspecified atom stereocenters. The van der Waals surface area contributed by atoms with Gasteiger partial charge in [-0.15, -0.1) is 0 Å². The average Bonchev–Trinajstić information content (AvgIpc) is 3.28. The van der Waals surface area contributed by atoms with Gasteiger partial charge in [-0.3, -0.25) is 4.90 Å². The number of nitrogens with one attached hydrogen (secondary N) is 2. The number of methoxy groups -OCH3 is 3. The highest BCUT2D eigenvalue weighted by Crippen LogP contribution is 2.39. The van der Waals surface area contributed by atoms with E-state index in [4.69, 9.17) is 14.2 Å². The molecule has 3 rings (SSSR count). The molecule has 1 fully saturated rings. The minimum Gasteiger partial charge on any atom is -0.493 e. The van der Waals surface area contributed by atoms with E-state index in [0.717, 1.165) is 26.2 Å². The predicted octanol–water partition coefficient (Wildman–Crippen LogP) is 2.88. The van der Waals surface area contributed by atoms with Crippen LogP contribution in [0.4, 0.5) is 10.5 Å². The van der Waals surface area contributed by atoms with Gasteiger partial charge in [0.1, 0.15) is 0 Å². The van der Waals surface area contributed by atoms with Crippen LogP contribution in [0.25, 0.3) is 0 Å². The molecule has 2 N–H and O–H groups in total. The summed E-state index contributed by atoms with van der Waals surface area (Å²) in [7, 11) is 6.77. The number of carbonyl (C=O) groups is 1. The molecular weight excluding hydrogens is 404 g/mol. The van der Waals surface area contributed by atoms with Crippen molar-refractivity contribution in [2.24, 2.45) is 0 Å². The van der Waals surface area contributed by atoms with Crippen LogP contribution in [0.2, 0.25) is 0 Å². The molecule has 1 aliphatic rings. The van der Waals surface area contributed by atoms with Crippen molar-refractivity contribution in [2.45, 2.75) is 6.04 Å². The van der Waals surface area contributed by atoms with Gasteiger partial charge in [0.05, 0.1) is 33.1 Å². The fraction of sp³-hybridized carbons (Fsp3) is 0.476. The van der Waals surface area contributed by atoms with Crippen LogP contribution in [0.15, 0.2) is 29.0 Å². The Hall–Kier alpha value is -2.49. The van der Waals surface area contributed by atoms with Gasteiger partial charge in [-0.1, -0.05) is 0 Å². The second-order valence-electron chi connectivity index (χ2n) is 7.16. The zero-order valence-electron chi connectivity index (χ0n) is 17.9. The van der Waals surface area contributed by atoms with Gasteiger partial charge in [0.25, 0.3) is 0 Å². The van der Waals surface area contributed by atoms with Crippen LogP contribution < -0.4 is 24.8 Å². The van der Waals surface area contributed by atoms with E-state index in [-0.39, 0.29) is 12.1 Å². The maximum absolute atomic E-state index is 12.6. The van der Waals surface area contributed by atoms with Gasteiger partial charge in [0.2, 0.25) is 5.75 Å². The minimum atomic E-state index is -0.279. The number of hydrogen-bond donors (Lipinski definition) is 2. The van der Waals surface area contributed by atoms with E-state index >= 15 is 0 Å². The lowest BCUT2D eigenvalue weighted by Crippen LogP contribution is -2.48. The van der Waals surface area contributed by atoms with Crippen molar-refractivity contribution in [1.82, 2.24) is 15.1 Å². The molecule has 164 valence electrons. The van der Waals surface area contributed by atoms with E-state index in [1.165, 1.54) is 5.56 Å². The Kier molecular flexibility index (Phi) is 7.78. The van der Waals surface area contributed by atoms with E-state index in [1.54, 1.807) is 44.8 Å². The fourth-order valence-corrected chi connectivity index (χ4v) is 4.28. The lowest BCUT2D eigenvalue weighted by molar-refractivity contribution is 0.111. The summed E-state index contributed by atoms with van der Waals surface area (Å²) < 4.78 is 16.0. The molecule has 0 saturated carbocycles. The maximum Gasteiger partial charge on any atom is 0.319 e. The zero-order valence-corrected chi connectivity index (χ0v) is 18.8. The first-order chi connectivity index (χ1) is 14.5. The normalized spacial score (nSPS) is 16.0. The number of nitrogens with zero attached hydrogens (tertiary/aromatic N) is 2. The molecule has 30 heavy (non-hydrogen) atoms. The monoisotopic (exact) mass is 434 g/mol. The number of rotatable bonds is 8. The number of piperazine rings is 1. The molecule has 9 heteroatoms. The predicted molar refractivity (Wildman–Crippen MR) is 119 cm³/mol. The Morgan fingerprint density at radius 3 is 2.30 bits per heavy atom. The van der Waals surface area contributed by atoms with Crippen LogP contribution in [0, 0.1) is 0 Å². The summed E-state index contributed by atoms with van der Waals surface area (Å²) in [5.41, 5.74) is 1.80. The van der Waals surface area contributed by atoms with Crippen LogP contribution in [0.5, 0.6) is 17.2 Å². The van der Waals surface area contributed by atoms with Gasteiger partial charge in [0, 0.05) is 44.9 Å². The second-order valence-corrected chi connectivity index (χ2v) is 7.94. The van der Waals surface area contributed by atoms with Crippen molar-refractivity contribution < 1.29 is 19.0 Å². The molecule has 0 radical (unpaired) electrons. The van der Waals surface area contributed by atoms with E-state index < -0.39 is 0 Å². The van der Waals surface area contributed by atoms with Crippen LogP contribution in [-0.2, 0) is 0 Å².